The number of halogens is 2. The molecule has 0 amide bonds. The monoisotopic (exact) mass is 456 g/mol. The lowest BCUT2D eigenvalue weighted by Crippen LogP contribution is -2.15. The van der Waals surface area contributed by atoms with Crippen LogP contribution in [0.4, 0.5) is 14.5 Å². The molecule has 0 fully saturated rings. The summed E-state index contributed by atoms with van der Waals surface area (Å²) < 4.78 is 28.3. The summed E-state index contributed by atoms with van der Waals surface area (Å²) in [6.07, 6.45) is 1.59. The van der Waals surface area contributed by atoms with E-state index < -0.39 is 11.6 Å². The summed E-state index contributed by atoms with van der Waals surface area (Å²) in [4.78, 5) is 4.56. The zero-order chi connectivity index (χ0) is 23.7. The second-order valence-corrected chi connectivity index (χ2v) is 8.12. The van der Waals surface area contributed by atoms with Gasteiger partial charge >= 0.3 is 0 Å². The van der Waals surface area contributed by atoms with Crippen LogP contribution in [0, 0.1) is 18.6 Å². The van der Waals surface area contributed by atoms with Crippen LogP contribution in [0.25, 0.3) is 33.3 Å². The summed E-state index contributed by atoms with van der Waals surface area (Å²) in [5.41, 5.74) is 5.40. The molecular weight excluding hydrogens is 434 g/mol. The quantitative estimate of drug-likeness (QED) is 0.292. The third-order valence-electron chi connectivity index (χ3n) is 5.85. The average Bonchev–Trinajstić information content (AvgIpc) is 3.23. The molecule has 5 aromatic rings. The number of rotatable bonds is 6. The molecule has 7 heteroatoms. The van der Waals surface area contributed by atoms with Gasteiger partial charge in [-0.15, -0.1) is 0 Å². The minimum atomic E-state index is -0.687. The van der Waals surface area contributed by atoms with E-state index in [4.69, 9.17) is 0 Å². The second-order valence-electron chi connectivity index (χ2n) is 8.12. The molecule has 3 aromatic carbocycles. The molecule has 5 rings (SSSR count). The highest BCUT2D eigenvalue weighted by atomic mass is 19.1. The number of nitrogens with one attached hydrogen (secondary N) is 2. The van der Waals surface area contributed by atoms with Crippen molar-refractivity contribution in [3.05, 3.63) is 102 Å². The Kier molecular flexibility index (Phi) is 5.77. The highest BCUT2D eigenvalue weighted by Crippen LogP contribution is 2.36. The van der Waals surface area contributed by atoms with Gasteiger partial charge in [-0.2, -0.15) is 5.10 Å². The van der Waals surface area contributed by atoms with E-state index in [1.165, 1.54) is 12.1 Å². The first-order valence-electron chi connectivity index (χ1n) is 10.9. The molecule has 170 valence electrons. The van der Waals surface area contributed by atoms with Crippen molar-refractivity contribution in [2.75, 3.05) is 11.9 Å². The maximum absolute atomic E-state index is 14.7. The van der Waals surface area contributed by atoms with Crippen molar-refractivity contribution >= 4 is 16.6 Å². The van der Waals surface area contributed by atoms with Gasteiger partial charge in [0.1, 0.15) is 11.6 Å². The van der Waals surface area contributed by atoms with Gasteiger partial charge in [-0.1, -0.05) is 36.4 Å². The number of anilines is 1. The van der Waals surface area contributed by atoms with Crippen LogP contribution in [0.2, 0.25) is 0 Å². The minimum Gasteiger partial charge on any atom is -0.394 e. The number of aromatic nitrogens is 3. The van der Waals surface area contributed by atoms with Gasteiger partial charge in [0.2, 0.25) is 0 Å². The number of aliphatic hydroxyl groups is 1. The fourth-order valence-electron chi connectivity index (χ4n) is 4.09. The van der Waals surface area contributed by atoms with Crippen LogP contribution in [0.1, 0.15) is 17.3 Å². The van der Waals surface area contributed by atoms with Crippen molar-refractivity contribution in [3.63, 3.8) is 0 Å². The van der Waals surface area contributed by atoms with E-state index in [2.05, 4.69) is 20.5 Å². The fourth-order valence-corrected chi connectivity index (χ4v) is 4.09. The van der Waals surface area contributed by atoms with Gasteiger partial charge in [0.25, 0.3) is 0 Å². The highest BCUT2D eigenvalue weighted by molar-refractivity contribution is 5.90. The number of fused-ring (bicyclic) bond motifs is 1. The third-order valence-corrected chi connectivity index (χ3v) is 5.85. The van der Waals surface area contributed by atoms with Crippen molar-refractivity contribution in [2.24, 2.45) is 0 Å². The van der Waals surface area contributed by atoms with E-state index in [0.29, 0.717) is 16.9 Å². The Bertz CT molecular complexity index is 1470. The van der Waals surface area contributed by atoms with Crippen LogP contribution >= 0.6 is 0 Å². The second kappa shape index (κ2) is 9.03. The first-order valence-corrected chi connectivity index (χ1v) is 10.9. The maximum Gasteiger partial charge on any atom is 0.135 e. The van der Waals surface area contributed by atoms with Crippen LogP contribution in [0.5, 0.6) is 0 Å². The number of aromatic amines is 1. The van der Waals surface area contributed by atoms with Crippen LogP contribution in [-0.4, -0.2) is 26.9 Å². The number of pyridine rings is 1. The highest BCUT2D eigenvalue weighted by Gasteiger charge is 2.17. The number of H-pyrrole nitrogens is 1. The van der Waals surface area contributed by atoms with Gasteiger partial charge in [-0.25, -0.2) is 8.78 Å². The lowest BCUT2D eigenvalue weighted by Gasteiger charge is -2.19. The SMILES string of the molecule is Cc1[nH]nc2ccc(-c3cc(NC(CO)c4ccccc4)cnc3-c3ccc(F)cc3F)cc12. The van der Waals surface area contributed by atoms with Gasteiger partial charge in [0, 0.05) is 28.3 Å². The Balaban J connectivity index is 1.64. The Morgan fingerprint density at radius 2 is 1.79 bits per heavy atom. The number of aliphatic hydroxyl groups excluding tert-OH is 1. The smallest absolute Gasteiger partial charge is 0.135 e. The molecule has 5 nitrogen and oxygen atoms in total. The molecule has 2 heterocycles. The van der Waals surface area contributed by atoms with E-state index in [0.717, 1.165) is 33.8 Å². The van der Waals surface area contributed by atoms with E-state index in [9.17, 15) is 13.9 Å². The first-order chi connectivity index (χ1) is 16.5. The van der Waals surface area contributed by atoms with Crippen molar-refractivity contribution in [3.8, 4) is 22.4 Å². The molecule has 0 saturated heterocycles. The molecule has 0 saturated carbocycles. The Morgan fingerprint density at radius 1 is 0.971 bits per heavy atom. The molecule has 0 radical (unpaired) electrons. The third kappa shape index (κ3) is 4.13. The molecular formula is C27H22F2N4O. The zero-order valence-electron chi connectivity index (χ0n) is 18.4. The molecule has 1 unspecified atom stereocenters. The van der Waals surface area contributed by atoms with Crippen molar-refractivity contribution in [1.29, 1.82) is 0 Å². The number of hydrogen-bond donors (Lipinski definition) is 3. The molecule has 0 aliphatic heterocycles. The molecule has 2 aromatic heterocycles. The van der Waals surface area contributed by atoms with Crippen molar-refractivity contribution < 1.29 is 13.9 Å². The summed E-state index contributed by atoms with van der Waals surface area (Å²) in [6, 6.07) is 20.3. The number of aryl methyl sites for hydroxylation is 1. The number of hydrogen-bond acceptors (Lipinski definition) is 4. The van der Waals surface area contributed by atoms with E-state index in [1.807, 2.05) is 61.5 Å². The number of benzene rings is 3. The van der Waals surface area contributed by atoms with Gasteiger partial charge in [0.15, 0.2) is 0 Å². The predicted molar refractivity (Wildman–Crippen MR) is 129 cm³/mol. The summed E-state index contributed by atoms with van der Waals surface area (Å²) in [6.45, 7) is 1.81. The fraction of sp³-hybridized carbons (Fsp3) is 0.111. The standard InChI is InChI=1S/C27H22F2N4O/c1-16-22-11-18(7-10-25(22)33-32-16)23-13-20(31-26(15-34)17-5-3-2-4-6-17)14-30-27(23)21-9-8-19(28)12-24(21)29/h2-14,26,31,34H,15H2,1H3,(H,32,33). The van der Waals surface area contributed by atoms with Gasteiger partial charge in [-0.3, -0.25) is 10.1 Å². The first kappa shape index (κ1) is 21.7. The van der Waals surface area contributed by atoms with Gasteiger partial charge in [0.05, 0.1) is 35.7 Å². The van der Waals surface area contributed by atoms with E-state index in [-0.39, 0.29) is 18.2 Å². The maximum atomic E-state index is 14.7. The Hall–Kier alpha value is -4.10. The van der Waals surface area contributed by atoms with Crippen LogP contribution in [0.15, 0.2) is 79.0 Å². The van der Waals surface area contributed by atoms with Crippen LogP contribution in [-0.2, 0) is 0 Å². The average molecular weight is 456 g/mol. The predicted octanol–water partition coefficient (Wildman–Crippen LogP) is 6.02. The summed E-state index contributed by atoms with van der Waals surface area (Å²) in [7, 11) is 0. The lowest BCUT2D eigenvalue weighted by molar-refractivity contribution is 0.276. The summed E-state index contributed by atoms with van der Waals surface area (Å²) >= 11 is 0. The van der Waals surface area contributed by atoms with Gasteiger partial charge < -0.3 is 10.4 Å². The lowest BCUT2D eigenvalue weighted by atomic mass is 9.97. The van der Waals surface area contributed by atoms with E-state index in [1.54, 1.807) is 6.20 Å². The molecule has 3 N–H and O–H groups in total. The molecule has 0 aliphatic rings. The topological polar surface area (TPSA) is 73.8 Å². The summed E-state index contributed by atoms with van der Waals surface area (Å²) in [5, 5.41) is 21.5. The largest absolute Gasteiger partial charge is 0.394 e. The van der Waals surface area contributed by atoms with Crippen molar-refractivity contribution in [1.82, 2.24) is 15.2 Å². The summed E-state index contributed by atoms with van der Waals surface area (Å²) in [5.74, 6) is -1.34. The molecule has 0 spiro atoms. The number of nitrogens with zero attached hydrogens (tertiary/aromatic N) is 2. The Morgan fingerprint density at radius 3 is 2.56 bits per heavy atom. The normalized spacial score (nSPS) is 12.1. The van der Waals surface area contributed by atoms with Crippen LogP contribution < -0.4 is 5.32 Å². The molecule has 0 aliphatic carbocycles. The van der Waals surface area contributed by atoms with Crippen LogP contribution in [0.3, 0.4) is 0 Å². The van der Waals surface area contributed by atoms with Gasteiger partial charge in [-0.05, 0) is 48.4 Å². The molecule has 1 atom stereocenters. The Labute approximate surface area is 195 Å². The van der Waals surface area contributed by atoms with E-state index >= 15 is 0 Å². The zero-order valence-corrected chi connectivity index (χ0v) is 18.4. The molecule has 34 heavy (non-hydrogen) atoms. The molecule has 0 bridgehead atoms. The minimum absolute atomic E-state index is 0.117. The van der Waals surface area contributed by atoms with Crippen molar-refractivity contribution in [2.45, 2.75) is 13.0 Å².